The summed E-state index contributed by atoms with van der Waals surface area (Å²) >= 11 is 0. The van der Waals surface area contributed by atoms with Crippen LogP contribution in [0.3, 0.4) is 0 Å². The fourth-order valence-electron chi connectivity index (χ4n) is 2.14. The molecule has 1 rings (SSSR count). The van der Waals surface area contributed by atoms with Crippen molar-refractivity contribution in [2.75, 3.05) is 46.8 Å². The van der Waals surface area contributed by atoms with Crippen LogP contribution in [-0.2, 0) is 0 Å². The van der Waals surface area contributed by atoms with Gasteiger partial charge in [0.15, 0.2) is 0 Å². The number of hydrogen-bond acceptors (Lipinski definition) is 4. The van der Waals surface area contributed by atoms with Crippen LogP contribution in [0.2, 0.25) is 0 Å². The van der Waals surface area contributed by atoms with Gasteiger partial charge in [-0.3, -0.25) is 0 Å². The van der Waals surface area contributed by atoms with Crippen molar-refractivity contribution in [1.29, 1.82) is 0 Å². The molecule has 1 saturated carbocycles. The highest BCUT2D eigenvalue weighted by atomic mass is 16.3. The third-order valence-corrected chi connectivity index (χ3v) is 3.94. The van der Waals surface area contributed by atoms with Crippen molar-refractivity contribution in [2.24, 2.45) is 5.92 Å². The van der Waals surface area contributed by atoms with Crippen molar-refractivity contribution in [1.82, 2.24) is 15.5 Å². The minimum atomic E-state index is 0.0648. The molecule has 0 amide bonds. The average molecular weight is 287 g/mol. The molecular weight excluding hydrogens is 250 g/mol. The molecule has 1 aliphatic carbocycles. The molecule has 0 aromatic rings. The number of likely N-dealkylation sites (N-methyl/N-ethyl adjacent to an activating group) is 2. The van der Waals surface area contributed by atoms with E-state index >= 15 is 0 Å². The first-order valence-electron chi connectivity index (χ1n) is 8.35. The van der Waals surface area contributed by atoms with E-state index in [-0.39, 0.29) is 6.10 Å². The van der Waals surface area contributed by atoms with E-state index in [1.54, 1.807) is 0 Å². The highest BCUT2D eigenvalue weighted by Crippen LogP contribution is 2.16. The van der Waals surface area contributed by atoms with Crippen LogP contribution in [0.4, 0.5) is 0 Å². The Balaban J connectivity index is 0.000000595. The summed E-state index contributed by atoms with van der Waals surface area (Å²) in [7, 11) is 4.25. The van der Waals surface area contributed by atoms with Gasteiger partial charge in [-0.05, 0) is 58.8 Å². The molecule has 0 heterocycles. The van der Waals surface area contributed by atoms with E-state index < -0.39 is 0 Å². The highest BCUT2D eigenvalue weighted by molar-refractivity contribution is 4.65. The van der Waals surface area contributed by atoms with Gasteiger partial charge in [0.25, 0.3) is 0 Å². The molecule has 1 unspecified atom stereocenters. The van der Waals surface area contributed by atoms with Crippen LogP contribution in [0.1, 0.15) is 46.0 Å². The molecule has 0 saturated heterocycles. The fraction of sp³-hybridized carbons (Fsp3) is 1.00. The maximum atomic E-state index is 8.45. The topological polar surface area (TPSA) is 47.5 Å². The van der Waals surface area contributed by atoms with Gasteiger partial charge in [-0.15, -0.1) is 0 Å². The van der Waals surface area contributed by atoms with Gasteiger partial charge in [0, 0.05) is 19.6 Å². The molecule has 1 fully saturated rings. The third kappa shape index (κ3) is 11.6. The van der Waals surface area contributed by atoms with Crippen molar-refractivity contribution >= 4 is 0 Å². The molecule has 0 aromatic heterocycles. The number of rotatable bonds is 10. The zero-order chi connectivity index (χ0) is 15.2. The molecule has 0 aromatic carbocycles. The predicted octanol–water partition coefficient (Wildman–Crippen LogP) is 1.69. The molecule has 0 aliphatic heterocycles. The van der Waals surface area contributed by atoms with E-state index in [0.717, 1.165) is 44.9 Å². The summed E-state index contributed by atoms with van der Waals surface area (Å²) < 4.78 is 0. The molecule has 20 heavy (non-hydrogen) atoms. The van der Waals surface area contributed by atoms with Crippen LogP contribution in [0.5, 0.6) is 0 Å². The summed E-state index contributed by atoms with van der Waals surface area (Å²) in [5, 5.41) is 15.0. The normalized spacial score (nSPS) is 16.5. The maximum Gasteiger partial charge on any atom is 0.0540 e. The lowest BCUT2D eigenvalue weighted by Crippen LogP contribution is -2.33. The SMILES string of the molecule is CCNCCN(C)CC(CC)CCNC.OC1CCC1. The smallest absolute Gasteiger partial charge is 0.0540 e. The summed E-state index contributed by atoms with van der Waals surface area (Å²) in [6, 6.07) is 0. The molecule has 4 heteroatoms. The van der Waals surface area contributed by atoms with Crippen LogP contribution < -0.4 is 10.6 Å². The lowest BCUT2D eigenvalue weighted by molar-refractivity contribution is 0.0950. The van der Waals surface area contributed by atoms with E-state index in [1.165, 1.54) is 25.8 Å². The van der Waals surface area contributed by atoms with Crippen molar-refractivity contribution in [3.63, 3.8) is 0 Å². The average Bonchev–Trinajstić information content (AvgIpc) is 2.42. The Kier molecular flexibility index (Phi) is 13.7. The standard InChI is InChI=1S/C12H29N3.C4H8O/c1-5-12(7-8-13-3)11-15(4)10-9-14-6-2;5-4-2-1-3-4/h12-14H,5-11H2,1-4H3;4-5H,1-3H2. The van der Waals surface area contributed by atoms with Crippen LogP contribution in [0.15, 0.2) is 0 Å². The number of aliphatic hydroxyl groups excluding tert-OH is 1. The number of nitrogens with one attached hydrogen (secondary N) is 2. The third-order valence-electron chi connectivity index (χ3n) is 3.94. The lowest BCUT2D eigenvalue weighted by atomic mass is 9.97. The Morgan fingerprint density at radius 1 is 1.25 bits per heavy atom. The highest BCUT2D eigenvalue weighted by Gasteiger charge is 2.11. The number of hydrogen-bond donors (Lipinski definition) is 3. The molecule has 4 nitrogen and oxygen atoms in total. The molecule has 0 radical (unpaired) electrons. The Morgan fingerprint density at radius 2 is 1.90 bits per heavy atom. The Labute approximate surface area is 126 Å². The molecular formula is C16H37N3O. The van der Waals surface area contributed by atoms with Crippen LogP contribution in [0.25, 0.3) is 0 Å². The predicted molar refractivity (Wildman–Crippen MR) is 88.2 cm³/mol. The van der Waals surface area contributed by atoms with E-state index in [0.29, 0.717) is 0 Å². The molecule has 1 atom stereocenters. The second kappa shape index (κ2) is 13.8. The monoisotopic (exact) mass is 287 g/mol. The second-order valence-corrected chi connectivity index (χ2v) is 5.87. The van der Waals surface area contributed by atoms with E-state index in [4.69, 9.17) is 5.11 Å². The summed E-state index contributed by atoms with van der Waals surface area (Å²) in [4.78, 5) is 2.44. The number of aliphatic hydroxyl groups is 1. The van der Waals surface area contributed by atoms with Gasteiger partial charge < -0.3 is 20.6 Å². The Morgan fingerprint density at radius 3 is 2.30 bits per heavy atom. The van der Waals surface area contributed by atoms with Gasteiger partial charge in [0.1, 0.15) is 0 Å². The van der Waals surface area contributed by atoms with Crippen molar-refractivity contribution in [2.45, 2.75) is 52.1 Å². The molecule has 1 aliphatic rings. The second-order valence-electron chi connectivity index (χ2n) is 5.87. The zero-order valence-electron chi connectivity index (χ0n) is 14.1. The van der Waals surface area contributed by atoms with Gasteiger partial charge in [-0.25, -0.2) is 0 Å². The molecule has 0 bridgehead atoms. The Hall–Kier alpha value is -0.160. The largest absolute Gasteiger partial charge is 0.393 e. The number of nitrogens with zero attached hydrogens (tertiary/aromatic N) is 1. The summed E-state index contributed by atoms with van der Waals surface area (Å²) in [6.07, 6.45) is 5.96. The van der Waals surface area contributed by atoms with Gasteiger partial charge in [0.2, 0.25) is 0 Å². The molecule has 3 N–H and O–H groups in total. The van der Waals surface area contributed by atoms with Gasteiger partial charge in [-0.1, -0.05) is 20.3 Å². The minimum absolute atomic E-state index is 0.0648. The van der Waals surface area contributed by atoms with Crippen LogP contribution in [-0.4, -0.2) is 62.9 Å². The summed E-state index contributed by atoms with van der Waals surface area (Å²) in [5.41, 5.74) is 0. The van der Waals surface area contributed by atoms with Crippen LogP contribution >= 0.6 is 0 Å². The van der Waals surface area contributed by atoms with Crippen molar-refractivity contribution in [3.05, 3.63) is 0 Å². The Bertz CT molecular complexity index is 198. The van der Waals surface area contributed by atoms with Crippen molar-refractivity contribution < 1.29 is 5.11 Å². The molecule has 122 valence electrons. The summed E-state index contributed by atoms with van der Waals surface area (Å²) in [6.45, 7) is 10.1. The van der Waals surface area contributed by atoms with Gasteiger partial charge in [0.05, 0.1) is 6.10 Å². The zero-order valence-corrected chi connectivity index (χ0v) is 14.1. The lowest BCUT2D eigenvalue weighted by Gasteiger charge is -2.23. The molecule has 0 spiro atoms. The quantitative estimate of drug-likeness (QED) is 0.535. The minimum Gasteiger partial charge on any atom is -0.393 e. The first-order chi connectivity index (χ1) is 9.63. The first kappa shape index (κ1) is 19.8. The van der Waals surface area contributed by atoms with Crippen molar-refractivity contribution in [3.8, 4) is 0 Å². The maximum absolute atomic E-state index is 8.45. The van der Waals surface area contributed by atoms with Crippen LogP contribution in [0, 0.1) is 5.92 Å². The van der Waals surface area contributed by atoms with E-state index in [9.17, 15) is 0 Å². The van der Waals surface area contributed by atoms with Gasteiger partial charge in [-0.2, -0.15) is 0 Å². The first-order valence-corrected chi connectivity index (χ1v) is 8.35. The summed E-state index contributed by atoms with van der Waals surface area (Å²) in [5.74, 6) is 0.837. The van der Waals surface area contributed by atoms with E-state index in [2.05, 4.69) is 36.4 Å². The fourth-order valence-corrected chi connectivity index (χ4v) is 2.14. The van der Waals surface area contributed by atoms with E-state index in [1.807, 2.05) is 7.05 Å². The van der Waals surface area contributed by atoms with Gasteiger partial charge >= 0.3 is 0 Å².